The highest BCUT2D eigenvalue weighted by atomic mass is 19.1. The number of halogens is 1. The second-order valence-electron chi connectivity index (χ2n) is 3.81. The zero-order valence-electron chi connectivity index (χ0n) is 10.8. The van der Waals surface area contributed by atoms with Crippen LogP contribution in [0, 0.1) is 5.82 Å². The number of nitrogens with zero attached hydrogens (tertiary/aromatic N) is 1. The van der Waals surface area contributed by atoms with Gasteiger partial charge in [0.2, 0.25) is 0 Å². The van der Waals surface area contributed by atoms with Crippen molar-refractivity contribution >= 4 is 11.7 Å². The Bertz CT molecular complexity index is 412. The Labute approximate surface area is 106 Å². The van der Waals surface area contributed by atoms with Gasteiger partial charge < -0.3 is 15.4 Å². The molecule has 0 saturated heterocycles. The van der Waals surface area contributed by atoms with E-state index in [0.717, 1.165) is 0 Å². The minimum Gasteiger partial charge on any atom is -0.380 e. The van der Waals surface area contributed by atoms with Crippen molar-refractivity contribution in [2.24, 2.45) is 0 Å². The number of amides is 1. The zero-order valence-corrected chi connectivity index (χ0v) is 10.8. The number of anilines is 1. The zero-order chi connectivity index (χ0) is 13.5. The van der Waals surface area contributed by atoms with Crippen LogP contribution in [0.5, 0.6) is 0 Å². The molecule has 100 valence electrons. The molecule has 0 radical (unpaired) electrons. The van der Waals surface area contributed by atoms with E-state index in [1.807, 2.05) is 6.92 Å². The number of pyridine rings is 1. The molecule has 5 nitrogen and oxygen atoms in total. The number of carbonyl (C=O) groups is 1. The monoisotopic (exact) mass is 255 g/mol. The summed E-state index contributed by atoms with van der Waals surface area (Å²) >= 11 is 0. The van der Waals surface area contributed by atoms with Gasteiger partial charge in [-0.1, -0.05) is 0 Å². The second kappa shape index (κ2) is 6.90. The molecule has 1 rings (SSSR count). The van der Waals surface area contributed by atoms with Gasteiger partial charge in [-0.05, 0) is 19.9 Å². The molecule has 6 heteroatoms. The Kier molecular flexibility index (Phi) is 5.51. The fourth-order valence-corrected chi connectivity index (χ4v) is 1.43. The lowest BCUT2D eigenvalue weighted by molar-refractivity contribution is 0.0868. The maximum atomic E-state index is 13.8. The van der Waals surface area contributed by atoms with E-state index in [0.29, 0.717) is 13.2 Å². The molecular weight excluding hydrogens is 237 g/mol. The second-order valence-corrected chi connectivity index (χ2v) is 3.81. The van der Waals surface area contributed by atoms with Crippen LogP contribution in [0.2, 0.25) is 0 Å². The SMILES string of the molecule is CCOCC(C)NC(=O)c1ccnc(NC)c1F. The number of rotatable bonds is 6. The van der Waals surface area contributed by atoms with E-state index in [9.17, 15) is 9.18 Å². The van der Waals surface area contributed by atoms with Crippen LogP contribution in [0.1, 0.15) is 24.2 Å². The molecule has 1 heterocycles. The summed E-state index contributed by atoms with van der Waals surface area (Å²) < 4.78 is 19.0. The van der Waals surface area contributed by atoms with Gasteiger partial charge in [0.15, 0.2) is 11.6 Å². The van der Waals surface area contributed by atoms with E-state index >= 15 is 0 Å². The number of hydrogen-bond acceptors (Lipinski definition) is 4. The number of ether oxygens (including phenoxy) is 1. The first-order chi connectivity index (χ1) is 8.60. The molecule has 1 unspecified atom stereocenters. The third-order valence-corrected chi connectivity index (χ3v) is 2.32. The molecule has 2 N–H and O–H groups in total. The molecule has 0 spiro atoms. The summed E-state index contributed by atoms with van der Waals surface area (Å²) in [6.45, 7) is 4.64. The first-order valence-electron chi connectivity index (χ1n) is 5.81. The minimum absolute atomic E-state index is 0.0299. The van der Waals surface area contributed by atoms with Gasteiger partial charge in [-0.25, -0.2) is 9.37 Å². The fourth-order valence-electron chi connectivity index (χ4n) is 1.43. The number of nitrogens with one attached hydrogen (secondary N) is 2. The Morgan fingerprint density at radius 3 is 2.94 bits per heavy atom. The number of hydrogen-bond donors (Lipinski definition) is 2. The number of carbonyl (C=O) groups excluding carboxylic acids is 1. The van der Waals surface area contributed by atoms with E-state index in [2.05, 4.69) is 15.6 Å². The predicted octanol–water partition coefficient (Wildman–Crippen LogP) is 1.42. The first-order valence-corrected chi connectivity index (χ1v) is 5.81. The fraction of sp³-hybridized carbons (Fsp3) is 0.500. The highest BCUT2D eigenvalue weighted by Gasteiger charge is 2.16. The first kappa shape index (κ1) is 14.4. The Morgan fingerprint density at radius 2 is 2.33 bits per heavy atom. The Balaban J connectivity index is 2.72. The minimum atomic E-state index is -0.652. The van der Waals surface area contributed by atoms with E-state index in [-0.39, 0.29) is 17.4 Å². The highest BCUT2D eigenvalue weighted by Crippen LogP contribution is 2.14. The molecule has 1 amide bonds. The molecule has 0 aliphatic heterocycles. The molecular formula is C12H18FN3O2. The van der Waals surface area contributed by atoms with Gasteiger partial charge in [-0.2, -0.15) is 0 Å². The van der Waals surface area contributed by atoms with E-state index < -0.39 is 11.7 Å². The Hall–Kier alpha value is -1.69. The van der Waals surface area contributed by atoms with Crippen LogP contribution in [0.4, 0.5) is 10.2 Å². The average Bonchev–Trinajstić information content (AvgIpc) is 2.36. The summed E-state index contributed by atoms with van der Waals surface area (Å²) in [4.78, 5) is 15.6. The third kappa shape index (κ3) is 3.66. The van der Waals surface area contributed by atoms with Crippen LogP contribution >= 0.6 is 0 Å². The molecule has 0 aliphatic carbocycles. The van der Waals surface area contributed by atoms with Crippen LogP contribution in [0.3, 0.4) is 0 Å². The molecule has 18 heavy (non-hydrogen) atoms. The standard InChI is InChI=1S/C12H18FN3O2/c1-4-18-7-8(2)16-12(17)9-5-6-15-11(14-3)10(9)13/h5-6,8H,4,7H2,1-3H3,(H,14,15)(H,16,17). The molecule has 0 aliphatic rings. The van der Waals surface area contributed by atoms with Crippen molar-refractivity contribution in [3.63, 3.8) is 0 Å². The van der Waals surface area contributed by atoms with Crippen LogP contribution in [-0.2, 0) is 4.74 Å². The lowest BCUT2D eigenvalue weighted by Crippen LogP contribution is -2.36. The van der Waals surface area contributed by atoms with Crippen molar-refractivity contribution in [1.82, 2.24) is 10.3 Å². The smallest absolute Gasteiger partial charge is 0.254 e. The molecule has 1 aromatic heterocycles. The summed E-state index contributed by atoms with van der Waals surface area (Å²) in [6, 6.07) is 1.17. The van der Waals surface area contributed by atoms with Gasteiger partial charge in [0, 0.05) is 25.9 Å². The van der Waals surface area contributed by atoms with Gasteiger partial charge in [0.1, 0.15) is 0 Å². The average molecular weight is 255 g/mol. The van der Waals surface area contributed by atoms with Crippen LogP contribution < -0.4 is 10.6 Å². The van der Waals surface area contributed by atoms with Crippen molar-refractivity contribution in [3.05, 3.63) is 23.6 Å². The normalized spacial score (nSPS) is 12.0. The Morgan fingerprint density at radius 1 is 1.61 bits per heavy atom. The van der Waals surface area contributed by atoms with E-state index in [1.54, 1.807) is 14.0 Å². The summed E-state index contributed by atoms with van der Waals surface area (Å²) in [5.74, 6) is -1.07. The lowest BCUT2D eigenvalue weighted by atomic mass is 10.2. The quantitative estimate of drug-likeness (QED) is 0.807. The molecule has 1 aromatic rings. The predicted molar refractivity (Wildman–Crippen MR) is 67.2 cm³/mol. The highest BCUT2D eigenvalue weighted by molar-refractivity contribution is 5.95. The van der Waals surface area contributed by atoms with Gasteiger partial charge >= 0.3 is 0 Å². The summed E-state index contributed by atoms with van der Waals surface area (Å²) in [7, 11) is 1.55. The summed E-state index contributed by atoms with van der Waals surface area (Å²) in [5, 5.41) is 5.25. The summed E-state index contributed by atoms with van der Waals surface area (Å²) in [5.41, 5.74) is -0.0299. The van der Waals surface area contributed by atoms with Crippen molar-refractivity contribution in [3.8, 4) is 0 Å². The van der Waals surface area contributed by atoms with Crippen molar-refractivity contribution in [2.75, 3.05) is 25.6 Å². The van der Waals surface area contributed by atoms with Gasteiger partial charge in [-0.3, -0.25) is 4.79 Å². The van der Waals surface area contributed by atoms with Gasteiger partial charge in [-0.15, -0.1) is 0 Å². The molecule has 0 fully saturated rings. The largest absolute Gasteiger partial charge is 0.380 e. The molecule has 0 aromatic carbocycles. The van der Waals surface area contributed by atoms with Crippen LogP contribution in [0.25, 0.3) is 0 Å². The van der Waals surface area contributed by atoms with E-state index in [1.165, 1.54) is 12.3 Å². The third-order valence-electron chi connectivity index (χ3n) is 2.32. The molecule has 1 atom stereocenters. The van der Waals surface area contributed by atoms with E-state index in [4.69, 9.17) is 4.74 Å². The van der Waals surface area contributed by atoms with Crippen molar-refractivity contribution < 1.29 is 13.9 Å². The van der Waals surface area contributed by atoms with Crippen molar-refractivity contribution in [1.29, 1.82) is 0 Å². The van der Waals surface area contributed by atoms with Crippen LogP contribution in [-0.4, -0.2) is 37.2 Å². The van der Waals surface area contributed by atoms with Crippen LogP contribution in [0.15, 0.2) is 12.3 Å². The van der Waals surface area contributed by atoms with Crippen molar-refractivity contribution in [2.45, 2.75) is 19.9 Å². The maximum Gasteiger partial charge on any atom is 0.254 e. The van der Waals surface area contributed by atoms with Gasteiger partial charge in [0.25, 0.3) is 5.91 Å². The molecule has 0 saturated carbocycles. The topological polar surface area (TPSA) is 63.2 Å². The maximum absolute atomic E-state index is 13.8. The summed E-state index contributed by atoms with van der Waals surface area (Å²) in [6.07, 6.45) is 1.39. The molecule has 0 bridgehead atoms. The number of aromatic nitrogens is 1. The van der Waals surface area contributed by atoms with Gasteiger partial charge in [0.05, 0.1) is 12.2 Å². The lowest BCUT2D eigenvalue weighted by Gasteiger charge is -2.14.